The molecule has 212 valence electrons. The number of anilines is 3. The minimum atomic E-state index is -0.501. The molecule has 2 fully saturated rings. The van der Waals surface area contributed by atoms with Gasteiger partial charge >= 0.3 is 0 Å². The SMILES string of the molecule is Cc1ccccc1N1CCN(c2ccc(C(=O)NCCCN3CCCC3=O)cc2NC(=O)c2ccc(C#N)o2)CC1. The van der Waals surface area contributed by atoms with Crippen LogP contribution in [0.15, 0.2) is 59.0 Å². The molecule has 3 amide bonds. The molecule has 0 radical (unpaired) electrons. The number of para-hydroxylation sites is 1. The van der Waals surface area contributed by atoms with Crippen LogP contribution < -0.4 is 20.4 Å². The van der Waals surface area contributed by atoms with Gasteiger partial charge in [0.05, 0.1) is 11.4 Å². The number of rotatable bonds is 9. The van der Waals surface area contributed by atoms with Gasteiger partial charge in [0, 0.05) is 63.5 Å². The molecule has 2 aliphatic rings. The summed E-state index contributed by atoms with van der Waals surface area (Å²) in [6.45, 7) is 7.04. The maximum atomic E-state index is 13.0. The first-order valence-electron chi connectivity index (χ1n) is 14.0. The molecule has 0 aliphatic carbocycles. The molecule has 0 atom stereocenters. The molecule has 2 aliphatic heterocycles. The molecule has 3 heterocycles. The number of benzene rings is 2. The van der Waals surface area contributed by atoms with E-state index in [-0.39, 0.29) is 23.3 Å². The van der Waals surface area contributed by atoms with Crippen molar-refractivity contribution in [2.45, 2.75) is 26.2 Å². The number of furan rings is 1. The van der Waals surface area contributed by atoms with Crippen molar-refractivity contribution in [1.82, 2.24) is 10.2 Å². The second-order valence-electron chi connectivity index (χ2n) is 10.3. The number of nitrogens with one attached hydrogen (secondary N) is 2. The van der Waals surface area contributed by atoms with Gasteiger partial charge in [0.1, 0.15) is 6.07 Å². The summed E-state index contributed by atoms with van der Waals surface area (Å²) >= 11 is 0. The third kappa shape index (κ3) is 6.52. The van der Waals surface area contributed by atoms with Gasteiger partial charge in [-0.15, -0.1) is 0 Å². The van der Waals surface area contributed by atoms with E-state index in [9.17, 15) is 14.4 Å². The highest BCUT2D eigenvalue weighted by molar-refractivity contribution is 6.05. The number of aryl methyl sites for hydroxylation is 1. The molecule has 41 heavy (non-hydrogen) atoms. The standard InChI is InChI=1S/C31H34N6O4/c1-22-6-2-3-7-26(22)35-16-18-36(19-17-35)27-11-9-23(30(39)33-13-5-15-37-14-4-8-29(37)38)20-25(27)34-31(40)28-12-10-24(21-32)41-28/h2-3,6-7,9-12,20H,4-5,8,13-19H2,1H3,(H,33,39)(H,34,40). The van der Waals surface area contributed by atoms with Gasteiger partial charge in [-0.05, 0) is 61.7 Å². The average molecular weight is 555 g/mol. The summed E-state index contributed by atoms with van der Waals surface area (Å²) in [5.74, 6) is -0.520. The number of hydrogen-bond acceptors (Lipinski definition) is 7. The van der Waals surface area contributed by atoms with Gasteiger partial charge in [0.25, 0.3) is 11.8 Å². The molecule has 5 rings (SSSR count). The fourth-order valence-corrected chi connectivity index (χ4v) is 5.38. The van der Waals surface area contributed by atoms with Crippen LogP contribution in [-0.4, -0.2) is 68.4 Å². The molecule has 10 nitrogen and oxygen atoms in total. The number of carbonyl (C=O) groups excluding carboxylic acids is 3. The lowest BCUT2D eigenvalue weighted by Gasteiger charge is -2.38. The van der Waals surface area contributed by atoms with Crippen molar-refractivity contribution in [1.29, 1.82) is 5.26 Å². The predicted molar refractivity (Wildman–Crippen MR) is 156 cm³/mol. The van der Waals surface area contributed by atoms with Crippen molar-refractivity contribution in [3.8, 4) is 6.07 Å². The topological polar surface area (TPSA) is 122 Å². The third-order valence-corrected chi connectivity index (χ3v) is 7.59. The summed E-state index contributed by atoms with van der Waals surface area (Å²) in [5, 5.41) is 14.9. The van der Waals surface area contributed by atoms with E-state index in [1.54, 1.807) is 12.1 Å². The van der Waals surface area contributed by atoms with Gasteiger partial charge < -0.3 is 29.8 Å². The highest BCUT2D eigenvalue weighted by Gasteiger charge is 2.23. The number of likely N-dealkylation sites (tertiary alicyclic amines) is 1. The van der Waals surface area contributed by atoms with E-state index < -0.39 is 5.91 Å². The molecule has 0 bridgehead atoms. The normalized spacial score (nSPS) is 15.1. The number of hydrogen-bond donors (Lipinski definition) is 2. The smallest absolute Gasteiger partial charge is 0.291 e. The van der Waals surface area contributed by atoms with Crippen LogP contribution in [0.4, 0.5) is 17.1 Å². The summed E-state index contributed by atoms with van der Waals surface area (Å²) in [6, 6.07) is 18.4. The molecule has 3 aromatic rings. The van der Waals surface area contributed by atoms with Crippen molar-refractivity contribution in [2.24, 2.45) is 0 Å². The summed E-state index contributed by atoms with van der Waals surface area (Å²) in [7, 11) is 0. The Morgan fingerprint density at radius 1 is 0.951 bits per heavy atom. The summed E-state index contributed by atoms with van der Waals surface area (Å²) in [4.78, 5) is 44.2. The third-order valence-electron chi connectivity index (χ3n) is 7.59. The Morgan fingerprint density at radius 3 is 2.39 bits per heavy atom. The van der Waals surface area contributed by atoms with Crippen LogP contribution in [0.25, 0.3) is 0 Å². The van der Waals surface area contributed by atoms with Crippen LogP contribution in [0.1, 0.15) is 51.5 Å². The van der Waals surface area contributed by atoms with Gasteiger partial charge in [0.15, 0.2) is 5.76 Å². The monoisotopic (exact) mass is 554 g/mol. The van der Waals surface area contributed by atoms with Gasteiger partial charge in [-0.25, -0.2) is 0 Å². The van der Waals surface area contributed by atoms with Crippen LogP contribution >= 0.6 is 0 Å². The van der Waals surface area contributed by atoms with Crippen molar-refractivity contribution in [2.75, 3.05) is 60.9 Å². The Labute approximate surface area is 239 Å². The number of nitrogens with zero attached hydrogens (tertiary/aromatic N) is 4. The Morgan fingerprint density at radius 2 is 1.71 bits per heavy atom. The quantitative estimate of drug-likeness (QED) is 0.386. The molecule has 1 aromatic heterocycles. The van der Waals surface area contributed by atoms with Gasteiger partial charge in [0.2, 0.25) is 11.7 Å². The largest absolute Gasteiger partial charge is 0.440 e. The van der Waals surface area contributed by atoms with E-state index in [0.29, 0.717) is 37.2 Å². The Balaban J connectivity index is 1.29. The van der Waals surface area contributed by atoms with Gasteiger partial charge in [-0.2, -0.15) is 5.26 Å². The lowest BCUT2D eigenvalue weighted by Crippen LogP contribution is -2.47. The molecule has 0 spiro atoms. The van der Waals surface area contributed by atoms with Crippen LogP contribution in [0.3, 0.4) is 0 Å². The van der Waals surface area contributed by atoms with E-state index in [1.165, 1.54) is 23.4 Å². The average Bonchev–Trinajstić information content (AvgIpc) is 3.64. The molecule has 2 saturated heterocycles. The highest BCUT2D eigenvalue weighted by atomic mass is 16.3. The van der Waals surface area contributed by atoms with Crippen molar-refractivity contribution >= 4 is 34.8 Å². The van der Waals surface area contributed by atoms with E-state index in [1.807, 2.05) is 29.2 Å². The number of amides is 3. The second-order valence-corrected chi connectivity index (χ2v) is 10.3. The Kier molecular flexibility index (Phi) is 8.53. The first kappa shape index (κ1) is 27.8. The summed E-state index contributed by atoms with van der Waals surface area (Å²) in [6.07, 6.45) is 2.16. The number of nitriles is 1. The highest BCUT2D eigenvalue weighted by Crippen LogP contribution is 2.30. The molecule has 2 N–H and O–H groups in total. The molecule has 0 unspecified atom stereocenters. The van der Waals surface area contributed by atoms with E-state index in [2.05, 4.69) is 39.5 Å². The molecule has 0 saturated carbocycles. The summed E-state index contributed by atoms with van der Waals surface area (Å²) < 4.78 is 5.32. The van der Waals surface area contributed by atoms with Crippen LogP contribution in [0.2, 0.25) is 0 Å². The minimum absolute atomic E-state index is 0.0168. The zero-order valence-corrected chi connectivity index (χ0v) is 23.2. The Bertz CT molecular complexity index is 1470. The molecule has 10 heteroatoms. The fourth-order valence-electron chi connectivity index (χ4n) is 5.38. The van der Waals surface area contributed by atoms with Crippen LogP contribution in [0.5, 0.6) is 0 Å². The zero-order chi connectivity index (χ0) is 28.8. The van der Waals surface area contributed by atoms with E-state index >= 15 is 0 Å². The van der Waals surface area contributed by atoms with Gasteiger partial charge in [-0.1, -0.05) is 18.2 Å². The lowest BCUT2D eigenvalue weighted by atomic mass is 10.1. The predicted octanol–water partition coefficient (Wildman–Crippen LogP) is 3.78. The van der Waals surface area contributed by atoms with Crippen LogP contribution in [-0.2, 0) is 4.79 Å². The maximum absolute atomic E-state index is 13.0. The molecule has 2 aromatic carbocycles. The molecular weight excluding hydrogens is 520 g/mol. The van der Waals surface area contributed by atoms with E-state index in [0.717, 1.165) is 44.8 Å². The zero-order valence-electron chi connectivity index (χ0n) is 23.2. The first-order chi connectivity index (χ1) is 19.9. The summed E-state index contributed by atoms with van der Waals surface area (Å²) in [5.41, 5.74) is 4.15. The fraction of sp³-hybridized carbons (Fsp3) is 0.355. The van der Waals surface area contributed by atoms with Crippen LogP contribution in [0, 0.1) is 18.3 Å². The number of carbonyl (C=O) groups is 3. The molecular formula is C31H34N6O4. The van der Waals surface area contributed by atoms with Crippen molar-refractivity contribution in [3.05, 3.63) is 77.2 Å². The van der Waals surface area contributed by atoms with E-state index in [4.69, 9.17) is 9.68 Å². The van der Waals surface area contributed by atoms with Crippen molar-refractivity contribution < 1.29 is 18.8 Å². The second kappa shape index (κ2) is 12.6. The maximum Gasteiger partial charge on any atom is 0.291 e. The Hall–Kier alpha value is -4.78. The minimum Gasteiger partial charge on any atom is -0.440 e. The van der Waals surface area contributed by atoms with Gasteiger partial charge in [-0.3, -0.25) is 14.4 Å². The first-order valence-corrected chi connectivity index (χ1v) is 14.0. The number of piperazine rings is 1. The van der Waals surface area contributed by atoms with Crippen molar-refractivity contribution in [3.63, 3.8) is 0 Å². The lowest BCUT2D eigenvalue weighted by molar-refractivity contribution is -0.127.